The average Bonchev–Trinajstić information content (AvgIpc) is 2.77. The summed E-state index contributed by atoms with van der Waals surface area (Å²) in [4.78, 5) is 11.5. The lowest BCUT2D eigenvalue weighted by atomic mass is 10.0. The largest absolute Gasteiger partial charge is 0.480 e. The molecule has 0 aromatic heterocycles. The number of aliphatic carboxylic acids is 1. The van der Waals surface area contributed by atoms with Crippen LogP contribution in [0.25, 0.3) is 0 Å². The van der Waals surface area contributed by atoms with Gasteiger partial charge in [-0.3, -0.25) is 4.79 Å². The second-order valence-electron chi connectivity index (χ2n) is 7.41. The molecule has 31 heavy (non-hydrogen) atoms. The lowest BCUT2D eigenvalue weighted by molar-refractivity contribution is -0.140. The number of thioether (sulfide) groups is 1. The third-order valence-electron chi connectivity index (χ3n) is 5.02. The van der Waals surface area contributed by atoms with Gasteiger partial charge >= 0.3 is 5.97 Å². The molecule has 0 fully saturated rings. The van der Waals surface area contributed by atoms with Gasteiger partial charge in [-0.15, -0.1) is 11.8 Å². The maximum atomic E-state index is 11.5. The minimum Gasteiger partial charge on any atom is -0.480 e. The molecule has 0 radical (unpaired) electrons. The fourth-order valence-electron chi connectivity index (χ4n) is 2.93. The highest BCUT2D eigenvalue weighted by atomic mass is 32.2. The first-order valence-corrected chi connectivity index (χ1v) is 12.9. The minimum atomic E-state index is -0.670. The third-order valence-corrected chi connectivity index (χ3v) is 6.82. The van der Waals surface area contributed by atoms with Gasteiger partial charge in [-0.25, -0.2) is 0 Å². The highest BCUT2D eigenvalue weighted by molar-refractivity contribution is 8.01. The van der Waals surface area contributed by atoms with Gasteiger partial charge in [-0.2, -0.15) is 0 Å². The molecule has 0 aliphatic rings. The smallest absolute Gasteiger partial charge is 0.319 e. The van der Waals surface area contributed by atoms with Crippen molar-refractivity contribution in [2.75, 3.05) is 5.75 Å². The van der Waals surface area contributed by atoms with Crippen LogP contribution in [0.5, 0.6) is 0 Å². The lowest BCUT2D eigenvalue weighted by Crippen LogP contribution is -2.33. The van der Waals surface area contributed by atoms with E-state index in [0.29, 0.717) is 12.8 Å². The zero-order valence-corrected chi connectivity index (χ0v) is 20.8. The van der Waals surface area contributed by atoms with Crippen LogP contribution in [0, 0.1) is 0 Å². The van der Waals surface area contributed by atoms with E-state index in [2.05, 4.69) is 79.8 Å². The van der Waals surface area contributed by atoms with Crippen LogP contribution in [0.15, 0.2) is 72.9 Å². The Hall–Kier alpha value is -1.74. The van der Waals surface area contributed by atoms with Gasteiger partial charge in [0.2, 0.25) is 0 Å². The summed E-state index contributed by atoms with van der Waals surface area (Å²) in [5.74, 6) is 0.233. The summed E-state index contributed by atoms with van der Waals surface area (Å²) in [6, 6.07) is 0. The summed E-state index contributed by atoms with van der Waals surface area (Å²) in [5.41, 5.74) is 0. The average molecular weight is 445 g/mol. The van der Waals surface area contributed by atoms with E-state index in [-0.39, 0.29) is 0 Å². The molecule has 0 saturated carbocycles. The Labute approximate surface area is 196 Å². The normalized spacial score (nSPS) is 13.4. The van der Waals surface area contributed by atoms with Crippen LogP contribution >= 0.6 is 11.8 Å². The maximum Gasteiger partial charge on any atom is 0.319 e. The van der Waals surface area contributed by atoms with Crippen molar-refractivity contribution in [1.29, 1.82) is 0 Å². The Morgan fingerprint density at radius 1 is 0.677 bits per heavy atom. The van der Waals surface area contributed by atoms with Crippen LogP contribution in [0.1, 0.15) is 85.0 Å². The SMILES string of the molecule is CC/C=C\C/C=C\C/C=C\C/C=C\C/C=C\C/C=C\CCCSC(CC)(CC)C(=O)O. The van der Waals surface area contributed by atoms with Gasteiger partial charge in [-0.1, -0.05) is 93.7 Å². The highest BCUT2D eigenvalue weighted by Gasteiger charge is 2.34. The van der Waals surface area contributed by atoms with E-state index in [0.717, 1.165) is 57.1 Å². The van der Waals surface area contributed by atoms with Crippen molar-refractivity contribution in [2.45, 2.75) is 89.7 Å². The van der Waals surface area contributed by atoms with Crippen molar-refractivity contribution in [2.24, 2.45) is 0 Å². The van der Waals surface area contributed by atoms with E-state index in [1.807, 2.05) is 13.8 Å². The van der Waals surface area contributed by atoms with Gasteiger partial charge in [0.05, 0.1) is 0 Å². The Morgan fingerprint density at radius 3 is 1.42 bits per heavy atom. The first kappa shape index (κ1) is 29.3. The van der Waals surface area contributed by atoms with E-state index in [4.69, 9.17) is 0 Å². The lowest BCUT2D eigenvalue weighted by Gasteiger charge is -2.25. The van der Waals surface area contributed by atoms with Gasteiger partial charge in [0.1, 0.15) is 4.75 Å². The molecule has 1 N–H and O–H groups in total. The number of unbranched alkanes of at least 4 members (excludes halogenated alkanes) is 1. The predicted octanol–water partition coefficient (Wildman–Crippen LogP) is 8.84. The number of hydrogen-bond donors (Lipinski definition) is 1. The third kappa shape index (κ3) is 16.6. The van der Waals surface area contributed by atoms with Crippen molar-refractivity contribution in [3.05, 3.63) is 72.9 Å². The van der Waals surface area contributed by atoms with E-state index < -0.39 is 10.7 Å². The maximum absolute atomic E-state index is 11.5. The fraction of sp³-hybridized carbons (Fsp3) is 0.536. The number of carbonyl (C=O) groups is 1. The number of carboxylic acid groups (broad SMARTS) is 1. The van der Waals surface area contributed by atoms with Crippen LogP contribution in [0.3, 0.4) is 0 Å². The zero-order chi connectivity index (χ0) is 23.0. The molecule has 0 aromatic carbocycles. The molecule has 0 saturated heterocycles. The predicted molar refractivity (Wildman–Crippen MR) is 141 cm³/mol. The Kier molecular flexibility index (Phi) is 20.3. The molecule has 0 rings (SSSR count). The summed E-state index contributed by atoms with van der Waals surface area (Å²) in [6.07, 6.45) is 36.0. The summed E-state index contributed by atoms with van der Waals surface area (Å²) in [6.45, 7) is 6.09. The molecular weight excluding hydrogens is 400 g/mol. The number of allylic oxidation sites excluding steroid dienone is 12. The molecule has 2 nitrogen and oxygen atoms in total. The molecule has 0 heterocycles. The second kappa shape index (κ2) is 21.5. The summed E-state index contributed by atoms with van der Waals surface area (Å²) in [5, 5.41) is 9.43. The topological polar surface area (TPSA) is 37.3 Å². The molecule has 0 aliphatic carbocycles. The molecule has 174 valence electrons. The van der Waals surface area contributed by atoms with Crippen LogP contribution in [-0.2, 0) is 4.79 Å². The molecule has 0 atom stereocenters. The van der Waals surface area contributed by atoms with Gasteiger partial charge in [0, 0.05) is 0 Å². The molecule has 0 unspecified atom stereocenters. The quantitative estimate of drug-likeness (QED) is 0.160. The minimum absolute atomic E-state index is 0.599. The molecule has 0 bridgehead atoms. The van der Waals surface area contributed by atoms with Crippen molar-refractivity contribution in [3.8, 4) is 0 Å². The van der Waals surface area contributed by atoms with Crippen molar-refractivity contribution >= 4 is 17.7 Å². The molecule has 3 heteroatoms. The molecule has 0 amide bonds. The van der Waals surface area contributed by atoms with Crippen molar-refractivity contribution in [3.63, 3.8) is 0 Å². The summed E-state index contributed by atoms with van der Waals surface area (Å²) in [7, 11) is 0. The molecular formula is C28H44O2S. The molecule has 0 aliphatic heterocycles. The Bertz CT molecular complexity index is 605. The van der Waals surface area contributed by atoms with Crippen LogP contribution in [0.2, 0.25) is 0 Å². The standard InChI is InChI=1S/C28H44O2S/c1-4-7-8-9-10-11-12-13-14-15-16-17-18-19-20-21-22-23-24-25-26-31-28(5-2,6-3)27(29)30/h7-8,10-11,13-14,16-17,19-20,22-23H,4-6,9,12,15,18,21,24-26H2,1-3H3,(H,29,30)/b8-7-,11-10-,14-13-,17-16-,20-19-,23-22-. The Morgan fingerprint density at radius 2 is 1.06 bits per heavy atom. The van der Waals surface area contributed by atoms with Gasteiger partial charge in [0.15, 0.2) is 0 Å². The van der Waals surface area contributed by atoms with Crippen molar-refractivity contribution in [1.82, 2.24) is 0 Å². The summed E-state index contributed by atoms with van der Waals surface area (Å²) >= 11 is 1.60. The second-order valence-corrected chi connectivity index (χ2v) is 8.89. The van der Waals surface area contributed by atoms with Crippen LogP contribution < -0.4 is 0 Å². The van der Waals surface area contributed by atoms with E-state index in [9.17, 15) is 9.90 Å². The number of rotatable bonds is 19. The first-order valence-electron chi connectivity index (χ1n) is 11.9. The van der Waals surface area contributed by atoms with Crippen LogP contribution in [0.4, 0.5) is 0 Å². The molecule has 0 spiro atoms. The molecule has 0 aromatic rings. The highest BCUT2D eigenvalue weighted by Crippen LogP contribution is 2.33. The zero-order valence-electron chi connectivity index (χ0n) is 20.0. The van der Waals surface area contributed by atoms with Gasteiger partial charge in [0.25, 0.3) is 0 Å². The van der Waals surface area contributed by atoms with E-state index >= 15 is 0 Å². The Balaban J connectivity index is 3.71. The van der Waals surface area contributed by atoms with Gasteiger partial charge < -0.3 is 5.11 Å². The number of carboxylic acids is 1. The van der Waals surface area contributed by atoms with Crippen LogP contribution in [-0.4, -0.2) is 21.6 Å². The van der Waals surface area contributed by atoms with E-state index in [1.54, 1.807) is 11.8 Å². The first-order chi connectivity index (χ1) is 15.1. The van der Waals surface area contributed by atoms with Crippen molar-refractivity contribution < 1.29 is 9.90 Å². The fourth-order valence-corrected chi connectivity index (χ4v) is 4.16. The van der Waals surface area contributed by atoms with E-state index in [1.165, 1.54) is 0 Å². The van der Waals surface area contributed by atoms with Gasteiger partial charge in [-0.05, 0) is 70.0 Å². The monoisotopic (exact) mass is 444 g/mol. The summed E-state index contributed by atoms with van der Waals surface area (Å²) < 4.78 is -0.599. The number of hydrogen-bond acceptors (Lipinski definition) is 2.